The number of nitrogens with zero attached hydrogens (tertiary/aromatic N) is 3. The van der Waals surface area contributed by atoms with E-state index in [-0.39, 0.29) is 29.8 Å². The van der Waals surface area contributed by atoms with E-state index in [2.05, 4.69) is 24.6 Å². The molecule has 0 saturated heterocycles. The molecule has 11 heteroatoms. The second-order valence-corrected chi connectivity index (χ2v) is 10.4. The molecule has 0 radical (unpaired) electrons. The van der Waals surface area contributed by atoms with Crippen LogP contribution in [0.2, 0.25) is 0 Å². The maximum atomic E-state index is 13.3. The number of hydrogen-bond acceptors (Lipinski definition) is 6. The summed E-state index contributed by atoms with van der Waals surface area (Å²) in [6, 6.07) is 5.19. The highest BCUT2D eigenvalue weighted by molar-refractivity contribution is 7.89. The summed E-state index contributed by atoms with van der Waals surface area (Å²) in [6.45, 7) is -0.300. The number of benzene rings is 1. The van der Waals surface area contributed by atoms with E-state index >= 15 is 0 Å². The van der Waals surface area contributed by atoms with E-state index in [1.165, 1.54) is 12.4 Å². The molecule has 8 nitrogen and oxygen atoms in total. The standard InChI is InChI=1S/C22H27F2N5O3S/c1-29(22-17-8-9-25-21(17)26-13-27-22)16-5-2-14(3-6-16)12-33(31,32)28-11-20(30)15-4-7-18(23)19(24)10-15/h4,7-10,13-14,16,20,28,30H,2-3,5-6,11-12H2,1H3,(H,25,26,27). The van der Waals surface area contributed by atoms with Gasteiger partial charge < -0.3 is 15.0 Å². The topological polar surface area (TPSA) is 111 Å². The SMILES string of the molecule is CN(c1ncnc2[nH]ccc12)C1CCC(CS(=O)(=O)NCC(O)c2ccc(F)c(F)c2)CC1. The molecule has 2 aromatic heterocycles. The van der Waals surface area contributed by atoms with Gasteiger partial charge in [-0.3, -0.25) is 0 Å². The Hall–Kier alpha value is -2.63. The molecule has 1 atom stereocenters. The zero-order valence-electron chi connectivity index (χ0n) is 18.2. The molecular formula is C22H27F2N5O3S. The van der Waals surface area contributed by atoms with Crippen molar-refractivity contribution in [2.75, 3.05) is 24.2 Å². The molecule has 0 spiro atoms. The van der Waals surface area contributed by atoms with Gasteiger partial charge >= 0.3 is 0 Å². The van der Waals surface area contributed by atoms with Gasteiger partial charge in [-0.1, -0.05) is 6.07 Å². The Bertz CT molecular complexity index is 1210. The molecule has 1 unspecified atom stereocenters. The van der Waals surface area contributed by atoms with Crippen molar-refractivity contribution in [1.82, 2.24) is 19.7 Å². The summed E-state index contributed by atoms with van der Waals surface area (Å²) in [5.41, 5.74) is 0.893. The fraction of sp³-hybridized carbons (Fsp3) is 0.455. The Balaban J connectivity index is 1.29. The molecule has 178 valence electrons. The highest BCUT2D eigenvalue weighted by Gasteiger charge is 2.29. The second kappa shape index (κ2) is 9.70. The monoisotopic (exact) mass is 479 g/mol. The number of aliphatic hydroxyl groups excluding tert-OH is 1. The van der Waals surface area contributed by atoms with E-state index < -0.39 is 27.8 Å². The highest BCUT2D eigenvalue weighted by Crippen LogP contribution is 2.32. The first-order valence-corrected chi connectivity index (χ1v) is 12.5. The van der Waals surface area contributed by atoms with E-state index in [9.17, 15) is 22.3 Å². The number of anilines is 1. The van der Waals surface area contributed by atoms with E-state index in [1.54, 1.807) is 0 Å². The van der Waals surface area contributed by atoms with Crippen LogP contribution in [0.4, 0.5) is 14.6 Å². The molecule has 1 aliphatic rings. The van der Waals surface area contributed by atoms with Crippen LogP contribution in [-0.2, 0) is 10.0 Å². The summed E-state index contributed by atoms with van der Waals surface area (Å²) in [6.07, 6.45) is 5.27. The molecule has 3 N–H and O–H groups in total. The molecule has 3 aromatic rings. The number of H-pyrrole nitrogens is 1. The third-order valence-electron chi connectivity index (χ3n) is 6.31. The smallest absolute Gasteiger partial charge is 0.211 e. The van der Waals surface area contributed by atoms with Crippen molar-refractivity contribution >= 4 is 26.9 Å². The van der Waals surface area contributed by atoms with Crippen LogP contribution in [0, 0.1) is 17.6 Å². The van der Waals surface area contributed by atoms with Gasteiger partial charge in [-0.15, -0.1) is 0 Å². The zero-order valence-corrected chi connectivity index (χ0v) is 19.0. The van der Waals surface area contributed by atoms with Crippen molar-refractivity contribution in [3.63, 3.8) is 0 Å². The van der Waals surface area contributed by atoms with E-state index in [0.29, 0.717) is 0 Å². The fourth-order valence-electron chi connectivity index (χ4n) is 4.42. The van der Waals surface area contributed by atoms with Gasteiger partial charge in [-0.25, -0.2) is 31.9 Å². The summed E-state index contributed by atoms with van der Waals surface area (Å²) in [7, 11) is -1.63. The quantitative estimate of drug-likeness (QED) is 0.458. The van der Waals surface area contributed by atoms with Gasteiger partial charge in [0, 0.05) is 25.8 Å². The van der Waals surface area contributed by atoms with Crippen LogP contribution < -0.4 is 9.62 Å². The van der Waals surface area contributed by atoms with Gasteiger partial charge in [0.1, 0.15) is 17.8 Å². The lowest BCUT2D eigenvalue weighted by molar-refractivity contribution is 0.181. The average Bonchev–Trinajstić information content (AvgIpc) is 3.28. The van der Waals surface area contributed by atoms with Gasteiger partial charge in [0.05, 0.1) is 17.2 Å². The Labute approximate surface area is 191 Å². The Morgan fingerprint density at radius 3 is 2.67 bits per heavy atom. The lowest BCUT2D eigenvalue weighted by atomic mass is 9.86. The number of rotatable bonds is 8. The predicted molar refractivity (Wildman–Crippen MR) is 121 cm³/mol. The van der Waals surface area contributed by atoms with Crippen molar-refractivity contribution in [1.29, 1.82) is 0 Å². The number of hydrogen-bond donors (Lipinski definition) is 3. The van der Waals surface area contributed by atoms with E-state index in [0.717, 1.165) is 54.7 Å². The summed E-state index contributed by atoms with van der Waals surface area (Å²) in [5.74, 6) is -1.29. The van der Waals surface area contributed by atoms with E-state index in [1.807, 2.05) is 19.3 Å². The van der Waals surface area contributed by atoms with Crippen molar-refractivity contribution in [2.45, 2.75) is 37.8 Å². The maximum absolute atomic E-state index is 13.3. The lowest BCUT2D eigenvalue weighted by Crippen LogP contribution is -2.39. The molecule has 1 aromatic carbocycles. The first kappa shape index (κ1) is 23.5. The number of nitrogens with one attached hydrogen (secondary N) is 2. The Morgan fingerprint density at radius 2 is 1.94 bits per heavy atom. The minimum atomic E-state index is -3.63. The highest BCUT2D eigenvalue weighted by atomic mass is 32.2. The Kier molecular flexibility index (Phi) is 6.91. The first-order valence-electron chi connectivity index (χ1n) is 10.8. The lowest BCUT2D eigenvalue weighted by Gasteiger charge is -2.35. The normalized spacial score (nSPS) is 20.1. The van der Waals surface area contributed by atoms with Crippen LogP contribution >= 0.6 is 0 Å². The summed E-state index contributed by atoms with van der Waals surface area (Å²) >= 11 is 0. The van der Waals surface area contributed by atoms with Crippen molar-refractivity contribution in [3.05, 3.63) is 54.0 Å². The number of aromatic nitrogens is 3. The third-order valence-corrected chi connectivity index (χ3v) is 7.83. The van der Waals surface area contributed by atoms with Crippen LogP contribution in [0.15, 0.2) is 36.8 Å². The largest absolute Gasteiger partial charge is 0.387 e. The Morgan fingerprint density at radius 1 is 1.18 bits per heavy atom. The van der Waals surface area contributed by atoms with Crippen LogP contribution in [0.5, 0.6) is 0 Å². The minimum Gasteiger partial charge on any atom is -0.387 e. The molecule has 1 saturated carbocycles. The second-order valence-electron chi connectivity index (χ2n) is 8.54. The molecule has 0 bridgehead atoms. The first-order chi connectivity index (χ1) is 15.7. The fourth-order valence-corrected chi connectivity index (χ4v) is 5.91. The summed E-state index contributed by atoms with van der Waals surface area (Å²) in [5, 5.41) is 11.1. The van der Waals surface area contributed by atoms with Gasteiger partial charge in [0.2, 0.25) is 10.0 Å². The molecular weight excluding hydrogens is 452 g/mol. The average molecular weight is 480 g/mol. The summed E-state index contributed by atoms with van der Waals surface area (Å²) < 4.78 is 53.8. The van der Waals surface area contributed by atoms with Gasteiger partial charge in [-0.05, 0) is 55.4 Å². The number of aromatic amines is 1. The van der Waals surface area contributed by atoms with Gasteiger partial charge in [-0.2, -0.15) is 0 Å². The molecule has 0 amide bonds. The molecule has 1 aliphatic carbocycles. The van der Waals surface area contributed by atoms with Crippen molar-refractivity contribution in [3.8, 4) is 0 Å². The van der Waals surface area contributed by atoms with Crippen LogP contribution in [-0.4, -0.2) is 53.9 Å². The number of aliphatic hydroxyl groups is 1. The molecule has 33 heavy (non-hydrogen) atoms. The molecule has 2 heterocycles. The molecule has 1 fully saturated rings. The zero-order chi connectivity index (χ0) is 23.6. The van der Waals surface area contributed by atoms with Crippen molar-refractivity contribution in [2.24, 2.45) is 5.92 Å². The van der Waals surface area contributed by atoms with Crippen LogP contribution in [0.3, 0.4) is 0 Å². The van der Waals surface area contributed by atoms with Crippen molar-refractivity contribution < 1.29 is 22.3 Å². The number of fused-ring (bicyclic) bond motifs is 1. The van der Waals surface area contributed by atoms with Gasteiger partial charge in [0.25, 0.3) is 0 Å². The van der Waals surface area contributed by atoms with Crippen LogP contribution in [0.25, 0.3) is 11.0 Å². The van der Waals surface area contributed by atoms with Gasteiger partial charge in [0.15, 0.2) is 11.6 Å². The minimum absolute atomic E-state index is 0.00485. The van der Waals surface area contributed by atoms with E-state index in [4.69, 9.17) is 0 Å². The third kappa shape index (κ3) is 5.48. The number of halogens is 2. The molecule has 4 rings (SSSR count). The maximum Gasteiger partial charge on any atom is 0.211 e. The van der Waals surface area contributed by atoms with Crippen LogP contribution in [0.1, 0.15) is 37.4 Å². The summed E-state index contributed by atoms with van der Waals surface area (Å²) in [4.78, 5) is 13.9. The number of sulfonamides is 1. The predicted octanol–water partition coefficient (Wildman–Crippen LogP) is 2.88. The molecule has 0 aliphatic heterocycles.